The molecule has 17 atom stereocenters. The van der Waals surface area contributed by atoms with Gasteiger partial charge < -0.3 is 49.3 Å². The molecular weight excluding hydrogens is 865 g/mol. The number of benzene rings is 2. The van der Waals surface area contributed by atoms with Crippen LogP contribution in [0.25, 0.3) is 22.0 Å². The molecule has 4 amide bonds. The highest BCUT2D eigenvalue weighted by molar-refractivity contribution is 5.90. The van der Waals surface area contributed by atoms with Crippen LogP contribution in [0.4, 0.5) is 9.59 Å². The van der Waals surface area contributed by atoms with Gasteiger partial charge in [0.15, 0.2) is 0 Å². The Labute approximate surface area is 396 Å². The van der Waals surface area contributed by atoms with Gasteiger partial charge in [-0.3, -0.25) is 9.59 Å². The monoisotopic (exact) mass is 926 g/mol. The number of hydrogen-bond acceptors (Lipinski definition) is 10. The molecule has 12 rings (SSSR count). The quantitative estimate of drug-likeness (QED) is 0.132. The summed E-state index contributed by atoms with van der Waals surface area (Å²) >= 11 is 0. The minimum Gasteiger partial charge on any atom is -0.453 e. The number of aromatic nitrogens is 4. The number of carbonyl (C=O) groups excluding carboxylic acids is 4. The number of imidazole rings is 2. The molecule has 8 aliphatic rings. The molecule has 16 heteroatoms. The number of methoxy groups -OCH3 is 2. The van der Waals surface area contributed by atoms with Crippen molar-refractivity contribution in [3.05, 3.63) is 71.7 Å². The first-order valence-corrected chi connectivity index (χ1v) is 24.5. The minimum absolute atomic E-state index is 0.0191. The van der Waals surface area contributed by atoms with Gasteiger partial charge >= 0.3 is 12.2 Å². The van der Waals surface area contributed by atoms with E-state index in [1.165, 1.54) is 14.2 Å². The number of fused-ring (bicyclic) bond motifs is 3. The van der Waals surface area contributed by atoms with E-state index in [0.717, 1.165) is 39.8 Å². The molecule has 358 valence electrons. The molecule has 0 radical (unpaired) electrons. The molecule has 68 heavy (non-hydrogen) atoms. The summed E-state index contributed by atoms with van der Waals surface area (Å²) in [6.07, 6.45) is 5.74. The summed E-state index contributed by atoms with van der Waals surface area (Å²) in [7, 11) is 2.65. The molecule has 8 fully saturated rings. The van der Waals surface area contributed by atoms with E-state index in [-0.39, 0.29) is 77.6 Å². The standard InChI is InChI=1S/C52H62N8O8/c1-24-15-33(16-25(2)67-24)41(57-50(63)65-7)48(61)59-38(21-36-28(5)43(36)59)46-53-22-35(55-46)14-10-29-9-11-31-20-32(13-12-30(31)19-29)37-23-54-47(56-37)44-39-40-45(52(39,40)6)60(44)49(62)42(58-51(64)66-8)34-17-26(3)68-27(4)18-34/h9,11-13,19-20,22-28,33-34,36,38-45H,15-18,21H2,1-8H3,(H,53,55)(H,54,56)(H,57,63)(H,58,64)/t24-,25+,26-,27+,28-,33?,34?,36+,38+,39?,40-,41?,42?,43-,44+,45+,52-/m1/s1. The van der Waals surface area contributed by atoms with Crippen LogP contribution in [0.1, 0.15) is 109 Å². The van der Waals surface area contributed by atoms with E-state index in [4.69, 9.17) is 28.9 Å². The van der Waals surface area contributed by atoms with E-state index in [9.17, 15) is 19.2 Å². The van der Waals surface area contributed by atoms with E-state index in [1.807, 2.05) is 49.8 Å². The summed E-state index contributed by atoms with van der Waals surface area (Å²) in [5, 5.41) is 7.89. The molecular formula is C52H62N8O8. The van der Waals surface area contributed by atoms with Gasteiger partial charge in [-0.1, -0.05) is 38.0 Å². The van der Waals surface area contributed by atoms with Crippen LogP contribution in [-0.2, 0) is 28.5 Å². The van der Waals surface area contributed by atoms with E-state index < -0.39 is 24.3 Å². The Hall–Kier alpha value is -5.92. The second-order valence-electron chi connectivity index (χ2n) is 21.2. The van der Waals surface area contributed by atoms with Gasteiger partial charge in [-0.25, -0.2) is 19.6 Å². The number of rotatable bonds is 9. The maximum absolute atomic E-state index is 14.6. The van der Waals surface area contributed by atoms with Crippen molar-refractivity contribution in [3.63, 3.8) is 0 Å². The summed E-state index contributed by atoms with van der Waals surface area (Å²) in [5.74, 6) is 9.20. The summed E-state index contributed by atoms with van der Waals surface area (Å²) in [6.45, 7) is 12.5. The number of ether oxygens (including phenoxy) is 4. The van der Waals surface area contributed by atoms with Gasteiger partial charge in [0.25, 0.3) is 0 Å². The molecule has 5 saturated heterocycles. The molecule has 7 heterocycles. The number of alkyl carbamates (subject to hydrolysis) is 2. The fraction of sp³-hybridized carbons (Fsp3) is 0.577. The van der Waals surface area contributed by atoms with E-state index in [2.05, 4.69) is 76.6 Å². The first-order chi connectivity index (χ1) is 32.7. The summed E-state index contributed by atoms with van der Waals surface area (Å²) in [6, 6.07) is 10.7. The SMILES string of the molecule is COC(=O)NC(C(=O)N1[C@H](c2ncc(-c3ccc4cc(C#Cc5cnc([C@@H]6C[C@H]7[C@@H](C)[C@H]7N6C(=O)C(NC(=O)OC)C6C[C@@H](C)O[C@@H](C)C6)[nH]5)ccc4c3)[nH]2)C2[C@@H]3[C@H]1[C@]23C)C1C[C@@H](C)O[C@@H](C)C1. The van der Waals surface area contributed by atoms with Gasteiger partial charge in [0.2, 0.25) is 11.8 Å². The second kappa shape index (κ2) is 16.6. The second-order valence-corrected chi connectivity index (χ2v) is 21.2. The van der Waals surface area contributed by atoms with Crippen molar-refractivity contribution in [1.29, 1.82) is 0 Å². The highest BCUT2D eigenvalue weighted by atomic mass is 16.5. The van der Waals surface area contributed by atoms with Crippen molar-refractivity contribution in [2.75, 3.05) is 14.2 Å². The fourth-order valence-corrected chi connectivity index (χ4v) is 13.6. The highest BCUT2D eigenvalue weighted by Crippen LogP contribution is 2.90. The van der Waals surface area contributed by atoms with Crippen LogP contribution in [0.3, 0.4) is 0 Å². The lowest BCUT2D eigenvalue weighted by molar-refractivity contribution is -0.140. The van der Waals surface area contributed by atoms with Crippen molar-refractivity contribution in [1.82, 2.24) is 40.4 Å². The topological polar surface area (TPSA) is 193 Å². The Morgan fingerprint density at radius 3 is 1.93 bits per heavy atom. The number of aromatic amines is 2. The third kappa shape index (κ3) is 7.51. The van der Waals surface area contributed by atoms with Gasteiger partial charge in [-0.15, -0.1) is 0 Å². The first-order valence-electron chi connectivity index (χ1n) is 24.5. The Morgan fingerprint density at radius 2 is 1.31 bits per heavy atom. The Kier molecular flexibility index (Phi) is 10.9. The van der Waals surface area contributed by atoms with Gasteiger partial charge in [0.05, 0.1) is 68.8 Å². The number of nitrogens with zero attached hydrogens (tertiary/aromatic N) is 4. The highest BCUT2D eigenvalue weighted by Gasteiger charge is 2.94. The Morgan fingerprint density at radius 1 is 0.735 bits per heavy atom. The van der Waals surface area contributed by atoms with E-state index >= 15 is 0 Å². The predicted molar refractivity (Wildman–Crippen MR) is 249 cm³/mol. The number of likely N-dealkylation sites (tertiary alicyclic amines) is 1. The van der Waals surface area contributed by atoms with Gasteiger partial charge in [0.1, 0.15) is 29.4 Å². The number of H-pyrrole nitrogens is 2. The fourth-order valence-electron chi connectivity index (χ4n) is 13.6. The molecule has 5 aliphatic heterocycles. The molecule has 2 aromatic heterocycles. The lowest BCUT2D eigenvalue weighted by Gasteiger charge is -2.39. The van der Waals surface area contributed by atoms with Crippen LogP contribution < -0.4 is 10.6 Å². The summed E-state index contributed by atoms with van der Waals surface area (Å²) in [5.41, 5.74) is 3.43. The average molecular weight is 927 g/mol. The normalized spacial score (nSPS) is 35.8. The van der Waals surface area contributed by atoms with Crippen LogP contribution in [0.15, 0.2) is 48.8 Å². The van der Waals surface area contributed by atoms with Crippen LogP contribution in [-0.4, -0.2) is 117 Å². The minimum atomic E-state index is -0.733. The smallest absolute Gasteiger partial charge is 0.407 e. The lowest BCUT2D eigenvalue weighted by atomic mass is 9.85. The van der Waals surface area contributed by atoms with E-state index in [1.54, 1.807) is 6.20 Å². The van der Waals surface area contributed by atoms with Crippen molar-refractivity contribution >= 4 is 34.8 Å². The third-order valence-corrected chi connectivity index (χ3v) is 16.8. The molecule has 3 saturated carbocycles. The molecule has 4 N–H and O–H groups in total. The van der Waals surface area contributed by atoms with Gasteiger partial charge in [0, 0.05) is 23.2 Å². The molecule has 3 aliphatic carbocycles. The van der Waals surface area contributed by atoms with Crippen LogP contribution in [0.5, 0.6) is 0 Å². The van der Waals surface area contributed by atoms with Gasteiger partial charge in [-0.2, -0.15) is 0 Å². The molecule has 2 aromatic carbocycles. The largest absolute Gasteiger partial charge is 0.453 e. The molecule has 16 nitrogen and oxygen atoms in total. The predicted octanol–water partition coefficient (Wildman–Crippen LogP) is 6.63. The number of amides is 4. The zero-order valence-corrected chi connectivity index (χ0v) is 39.9. The van der Waals surface area contributed by atoms with Gasteiger partial charge in [-0.05, 0) is 136 Å². The van der Waals surface area contributed by atoms with Crippen molar-refractivity contribution in [3.8, 4) is 23.1 Å². The number of nitrogens with one attached hydrogen (secondary N) is 4. The maximum atomic E-state index is 14.6. The third-order valence-electron chi connectivity index (χ3n) is 16.8. The van der Waals surface area contributed by atoms with Crippen molar-refractivity contribution in [2.45, 2.75) is 134 Å². The Bertz CT molecular complexity index is 2720. The first kappa shape index (κ1) is 44.6. The average Bonchev–Trinajstić information content (AvgIpc) is 3.85. The van der Waals surface area contributed by atoms with Crippen LogP contribution in [0, 0.1) is 52.8 Å². The number of carbonyl (C=O) groups is 4. The number of piperidine rings is 2. The molecule has 0 spiro atoms. The zero-order chi connectivity index (χ0) is 47.5. The van der Waals surface area contributed by atoms with Crippen LogP contribution in [0.2, 0.25) is 0 Å². The van der Waals surface area contributed by atoms with Crippen molar-refractivity contribution in [2.24, 2.45) is 40.9 Å². The summed E-state index contributed by atoms with van der Waals surface area (Å²) < 4.78 is 21.9. The molecule has 4 aromatic rings. The van der Waals surface area contributed by atoms with Crippen LogP contribution >= 0.6 is 0 Å². The molecule has 2 bridgehead atoms. The zero-order valence-electron chi connectivity index (χ0n) is 39.9. The number of hydrogen-bond donors (Lipinski definition) is 4. The maximum Gasteiger partial charge on any atom is 0.407 e. The Balaban J connectivity index is 0.786. The molecule has 5 unspecified atom stereocenters. The lowest BCUT2D eigenvalue weighted by Crippen LogP contribution is -2.55. The summed E-state index contributed by atoms with van der Waals surface area (Å²) in [4.78, 5) is 75.0. The van der Waals surface area contributed by atoms with Crippen molar-refractivity contribution < 1.29 is 38.1 Å². The van der Waals surface area contributed by atoms with E-state index in [0.29, 0.717) is 60.9 Å².